The lowest BCUT2D eigenvalue weighted by Gasteiger charge is -1.93. The first-order valence-corrected chi connectivity index (χ1v) is 4.00. The predicted octanol–water partition coefficient (Wildman–Crippen LogP) is 1.09. The fraction of sp³-hybridized carbons (Fsp3) is 0.143. The Balaban J connectivity index is 2.60. The molecule has 0 spiro atoms. The molecule has 1 aromatic rings. The molecule has 4 heteroatoms. The number of nitrogens with zero attached hydrogens (tertiary/aromatic N) is 1. The Morgan fingerprint density at radius 2 is 2.36 bits per heavy atom. The number of amides is 1. The highest BCUT2D eigenvalue weighted by Gasteiger charge is 2.19. The smallest absolute Gasteiger partial charge is 0.270 e. The van der Waals surface area contributed by atoms with Crippen molar-refractivity contribution in [2.24, 2.45) is 0 Å². The van der Waals surface area contributed by atoms with Crippen LogP contribution in [0, 0.1) is 0 Å². The molecule has 0 radical (unpaired) electrons. The highest BCUT2D eigenvalue weighted by atomic mass is 79.9. The van der Waals surface area contributed by atoms with Crippen LogP contribution >= 0.6 is 15.9 Å². The number of nitrogens with one attached hydrogen (secondary N) is 1. The Labute approximate surface area is 72.0 Å². The molecule has 56 valence electrons. The number of hydrogen-bond acceptors (Lipinski definition) is 2. The molecule has 0 unspecified atom stereocenters. The van der Waals surface area contributed by atoms with Crippen LogP contribution < -0.4 is 5.32 Å². The van der Waals surface area contributed by atoms with Gasteiger partial charge in [-0.1, -0.05) is 6.07 Å². The second-order valence-electron chi connectivity index (χ2n) is 2.32. The van der Waals surface area contributed by atoms with Crippen molar-refractivity contribution in [2.45, 2.75) is 6.54 Å². The number of aromatic nitrogens is 1. The molecule has 1 aromatic heterocycles. The molecule has 2 rings (SSSR count). The zero-order valence-electron chi connectivity index (χ0n) is 5.60. The van der Waals surface area contributed by atoms with Gasteiger partial charge >= 0.3 is 0 Å². The van der Waals surface area contributed by atoms with Crippen LogP contribution in [0.5, 0.6) is 0 Å². The van der Waals surface area contributed by atoms with Crippen LogP contribution in [-0.4, -0.2) is 10.9 Å². The largest absolute Gasteiger partial charge is 0.347 e. The molecular formula is C7H5BrN2O. The molecule has 11 heavy (non-hydrogen) atoms. The van der Waals surface area contributed by atoms with Crippen molar-refractivity contribution in [3.63, 3.8) is 0 Å². The zero-order chi connectivity index (χ0) is 7.84. The lowest BCUT2D eigenvalue weighted by atomic mass is 10.2. The summed E-state index contributed by atoms with van der Waals surface area (Å²) in [6.07, 6.45) is 0. The van der Waals surface area contributed by atoms with Crippen LogP contribution in [0.2, 0.25) is 0 Å². The van der Waals surface area contributed by atoms with E-state index >= 15 is 0 Å². The van der Waals surface area contributed by atoms with Gasteiger partial charge < -0.3 is 5.32 Å². The first kappa shape index (κ1) is 6.79. The van der Waals surface area contributed by atoms with Gasteiger partial charge in [0.25, 0.3) is 5.91 Å². The van der Waals surface area contributed by atoms with Crippen molar-refractivity contribution in [2.75, 3.05) is 0 Å². The van der Waals surface area contributed by atoms with Gasteiger partial charge in [0.05, 0.1) is 0 Å². The number of carbonyl (C=O) groups is 1. The minimum atomic E-state index is -0.0821. The Morgan fingerprint density at radius 1 is 1.55 bits per heavy atom. The number of hydrogen-bond donors (Lipinski definition) is 1. The molecule has 0 fully saturated rings. The third kappa shape index (κ3) is 1.03. The van der Waals surface area contributed by atoms with E-state index in [2.05, 4.69) is 26.2 Å². The van der Waals surface area contributed by atoms with Gasteiger partial charge in [0.1, 0.15) is 10.3 Å². The van der Waals surface area contributed by atoms with Gasteiger partial charge in [-0.05, 0) is 22.0 Å². The SMILES string of the molecule is O=C1NCc2ccc(Br)nc21. The van der Waals surface area contributed by atoms with E-state index in [0.717, 1.165) is 5.56 Å². The molecule has 1 aliphatic rings. The lowest BCUT2D eigenvalue weighted by molar-refractivity contribution is 0.0961. The van der Waals surface area contributed by atoms with Crippen LogP contribution in [0.4, 0.5) is 0 Å². The third-order valence-electron chi connectivity index (χ3n) is 1.60. The van der Waals surface area contributed by atoms with E-state index < -0.39 is 0 Å². The second-order valence-corrected chi connectivity index (χ2v) is 3.14. The molecule has 1 N–H and O–H groups in total. The maximum absolute atomic E-state index is 11.0. The minimum Gasteiger partial charge on any atom is -0.347 e. The summed E-state index contributed by atoms with van der Waals surface area (Å²) in [5.41, 5.74) is 1.51. The van der Waals surface area contributed by atoms with Crippen LogP contribution in [0.1, 0.15) is 16.1 Å². The topological polar surface area (TPSA) is 42.0 Å². The van der Waals surface area contributed by atoms with E-state index in [0.29, 0.717) is 16.8 Å². The average Bonchev–Trinajstić information content (AvgIpc) is 2.33. The van der Waals surface area contributed by atoms with Gasteiger partial charge in [0.15, 0.2) is 0 Å². The summed E-state index contributed by atoms with van der Waals surface area (Å²) in [5, 5.41) is 2.69. The Hall–Kier alpha value is -0.900. The molecule has 1 aliphatic heterocycles. The fourth-order valence-electron chi connectivity index (χ4n) is 1.06. The highest BCUT2D eigenvalue weighted by Crippen LogP contribution is 2.15. The number of halogens is 1. The summed E-state index contributed by atoms with van der Waals surface area (Å²) in [4.78, 5) is 15.1. The van der Waals surface area contributed by atoms with E-state index in [4.69, 9.17) is 0 Å². The zero-order valence-corrected chi connectivity index (χ0v) is 7.18. The molecular weight excluding hydrogens is 208 g/mol. The van der Waals surface area contributed by atoms with Crippen LogP contribution in [0.25, 0.3) is 0 Å². The average molecular weight is 213 g/mol. The lowest BCUT2D eigenvalue weighted by Crippen LogP contribution is -2.13. The molecule has 0 aliphatic carbocycles. The van der Waals surface area contributed by atoms with Crippen LogP contribution in [-0.2, 0) is 6.54 Å². The van der Waals surface area contributed by atoms with Crippen molar-refractivity contribution in [1.82, 2.24) is 10.3 Å². The normalized spacial score (nSPS) is 14.5. The predicted molar refractivity (Wildman–Crippen MR) is 43.1 cm³/mol. The van der Waals surface area contributed by atoms with Gasteiger partial charge in [0, 0.05) is 12.1 Å². The summed E-state index contributed by atoms with van der Waals surface area (Å²) >= 11 is 3.20. The van der Waals surface area contributed by atoms with Crippen molar-refractivity contribution < 1.29 is 4.79 Å². The van der Waals surface area contributed by atoms with E-state index in [9.17, 15) is 4.79 Å². The maximum atomic E-state index is 11.0. The summed E-state index contributed by atoms with van der Waals surface area (Å²) in [6.45, 7) is 0.606. The summed E-state index contributed by atoms with van der Waals surface area (Å²) in [7, 11) is 0. The molecule has 0 atom stereocenters. The van der Waals surface area contributed by atoms with E-state index in [1.54, 1.807) is 0 Å². The summed E-state index contributed by atoms with van der Waals surface area (Å²) in [5.74, 6) is -0.0821. The van der Waals surface area contributed by atoms with Crippen LogP contribution in [0.3, 0.4) is 0 Å². The molecule has 0 saturated heterocycles. The first-order valence-electron chi connectivity index (χ1n) is 3.21. The van der Waals surface area contributed by atoms with Crippen molar-refractivity contribution in [3.05, 3.63) is 28.0 Å². The number of pyridine rings is 1. The minimum absolute atomic E-state index is 0.0821. The second kappa shape index (κ2) is 2.30. The van der Waals surface area contributed by atoms with Crippen molar-refractivity contribution in [1.29, 1.82) is 0 Å². The van der Waals surface area contributed by atoms with E-state index in [1.807, 2.05) is 12.1 Å². The summed E-state index contributed by atoms with van der Waals surface area (Å²) < 4.78 is 0.702. The molecule has 2 heterocycles. The van der Waals surface area contributed by atoms with E-state index in [-0.39, 0.29) is 5.91 Å². The Bertz CT molecular complexity index is 324. The standard InChI is InChI=1S/C7H5BrN2O/c8-5-2-1-4-3-9-7(11)6(4)10-5/h1-2H,3H2,(H,9,11). The fourth-order valence-corrected chi connectivity index (χ4v) is 1.37. The molecule has 1 amide bonds. The maximum Gasteiger partial charge on any atom is 0.270 e. The monoisotopic (exact) mass is 212 g/mol. The Morgan fingerprint density at radius 3 is 3.18 bits per heavy atom. The van der Waals surface area contributed by atoms with E-state index in [1.165, 1.54) is 0 Å². The van der Waals surface area contributed by atoms with Crippen LogP contribution in [0.15, 0.2) is 16.7 Å². The molecule has 0 bridgehead atoms. The number of rotatable bonds is 0. The quantitative estimate of drug-likeness (QED) is 0.655. The third-order valence-corrected chi connectivity index (χ3v) is 2.04. The first-order chi connectivity index (χ1) is 5.27. The van der Waals surface area contributed by atoms with Crippen molar-refractivity contribution >= 4 is 21.8 Å². The highest BCUT2D eigenvalue weighted by molar-refractivity contribution is 9.10. The van der Waals surface area contributed by atoms with Gasteiger partial charge in [0.2, 0.25) is 0 Å². The molecule has 0 saturated carbocycles. The van der Waals surface area contributed by atoms with Gasteiger partial charge in [-0.2, -0.15) is 0 Å². The van der Waals surface area contributed by atoms with Gasteiger partial charge in [-0.25, -0.2) is 4.98 Å². The molecule has 3 nitrogen and oxygen atoms in total. The van der Waals surface area contributed by atoms with Gasteiger partial charge in [-0.15, -0.1) is 0 Å². The summed E-state index contributed by atoms with van der Waals surface area (Å²) in [6, 6.07) is 3.73. The number of carbonyl (C=O) groups excluding carboxylic acids is 1. The Kier molecular flexibility index (Phi) is 1.42. The number of fused-ring (bicyclic) bond motifs is 1. The van der Waals surface area contributed by atoms with Gasteiger partial charge in [-0.3, -0.25) is 4.79 Å². The van der Waals surface area contributed by atoms with Crippen molar-refractivity contribution in [3.8, 4) is 0 Å². The molecule has 0 aromatic carbocycles.